The summed E-state index contributed by atoms with van der Waals surface area (Å²) in [5.74, 6) is 0. The van der Waals surface area contributed by atoms with Gasteiger partial charge in [0.05, 0.1) is 8.68 Å². The molecule has 2 rings (SSSR count). The predicted octanol–water partition coefficient (Wildman–Crippen LogP) is 3.86. The van der Waals surface area contributed by atoms with Crippen molar-refractivity contribution in [2.75, 3.05) is 0 Å². The molecule has 1 N–H and O–H groups in total. The van der Waals surface area contributed by atoms with Gasteiger partial charge in [-0.25, -0.2) is 13.1 Å². The molecule has 0 unspecified atom stereocenters. The minimum Gasteiger partial charge on any atom is -0.207 e. The summed E-state index contributed by atoms with van der Waals surface area (Å²) < 4.78 is 28.2. The molecule has 6 heteroatoms. The van der Waals surface area contributed by atoms with Crippen LogP contribution in [0.1, 0.15) is 23.4 Å². The van der Waals surface area contributed by atoms with E-state index in [1.165, 1.54) is 11.3 Å². The molecule has 0 aliphatic heterocycles. The Morgan fingerprint density at radius 1 is 1.26 bits per heavy atom. The monoisotopic (exact) mass is 359 g/mol. The maximum absolute atomic E-state index is 12.3. The average molecular weight is 360 g/mol. The SMILES string of the molecule is Cc1sc(Br)cc1S(=O)(=O)N[C@H](C)c1ccccc1. The summed E-state index contributed by atoms with van der Waals surface area (Å²) in [6.07, 6.45) is 0. The van der Waals surface area contributed by atoms with Crippen LogP contribution >= 0.6 is 27.3 Å². The first-order chi connectivity index (χ1) is 8.90. The number of sulfonamides is 1. The van der Waals surface area contributed by atoms with E-state index in [-0.39, 0.29) is 6.04 Å². The van der Waals surface area contributed by atoms with Crippen molar-refractivity contribution in [3.05, 3.63) is 50.6 Å². The first-order valence-electron chi connectivity index (χ1n) is 5.73. The highest BCUT2D eigenvalue weighted by Crippen LogP contribution is 2.30. The highest BCUT2D eigenvalue weighted by Gasteiger charge is 2.22. The minimum atomic E-state index is -3.49. The molecule has 1 aromatic carbocycles. The molecule has 0 amide bonds. The summed E-state index contributed by atoms with van der Waals surface area (Å²) >= 11 is 4.73. The third kappa shape index (κ3) is 3.45. The molecule has 0 aliphatic carbocycles. The molecule has 0 bridgehead atoms. The van der Waals surface area contributed by atoms with E-state index in [1.807, 2.05) is 37.3 Å². The molecule has 1 atom stereocenters. The molecule has 19 heavy (non-hydrogen) atoms. The molecule has 0 saturated heterocycles. The molecule has 102 valence electrons. The fourth-order valence-corrected chi connectivity index (χ4v) is 5.45. The Morgan fingerprint density at radius 2 is 1.89 bits per heavy atom. The molecular formula is C13H14BrNO2S2. The summed E-state index contributed by atoms with van der Waals surface area (Å²) in [7, 11) is -3.49. The summed E-state index contributed by atoms with van der Waals surface area (Å²) in [6, 6.07) is 10.9. The van der Waals surface area contributed by atoms with Crippen molar-refractivity contribution in [3.63, 3.8) is 0 Å². The maximum Gasteiger partial charge on any atom is 0.242 e. The summed E-state index contributed by atoms with van der Waals surface area (Å²) in [5, 5.41) is 0. The van der Waals surface area contributed by atoms with E-state index in [0.717, 1.165) is 14.2 Å². The highest BCUT2D eigenvalue weighted by atomic mass is 79.9. The van der Waals surface area contributed by atoms with Crippen molar-refractivity contribution < 1.29 is 8.42 Å². The van der Waals surface area contributed by atoms with Crippen molar-refractivity contribution in [1.29, 1.82) is 0 Å². The molecule has 3 nitrogen and oxygen atoms in total. The Morgan fingerprint density at radius 3 is 2.42 bits per heavy atom. The number of benzene rings is 1. The van der Waals surface area contributed by atoms with Gasteiger partial charge in [0.15, 0.2) is 0 Å². The Labute approximate surface area is 125 Å². The van der Waals surface area contributed by atoms with Gasteiger partial charge in [-0.3, -0.25) is 0 Å². The summed E-state index contributed by atoms with van der Waals surface area (Å²) in [4.78, 5) is 1.12. The third-order valence-corrected chi connectivity index (χ3v) is 6.11. The third-order valence-electron chi connectivity index (χ3n) is 2.76. The average Bonchev–Trinajstić information content (AvgIpc) is 2.70. The van der Waals surface area contributed by atoms with Crippen LogP contribution in [0.5, 0.6) is 0 Å². The molecule has 0 radical (unpaired) electrons. The van der Waals surface area contributed by atoms with Crippen LogP contribution in [0.3, 0.4) is 0 Å². The van der Waals surface area contributed by atoms with Crippen molar-refractivity contribution in [2.45, 2.75) is 24.8 Å². The van der Waals surface area contributed by atoms with Crippen LogP contribution in [-0.2, 0) is 10.0 Å². The van der Waals surface area contributed by atoms with Gasteiger partial charge >= 0.3 is 0 Å². The Bertz CT molecular complexity index is 665. The van der Waals surface area contributed by atoms with Crippen molar-refractivity contribution in [3.8, 4) is 0 Å². The largest absolute Gasteiger partial charge is 0.242 e. The van der Waals surface area contributed by atoms with Crippen LogP contribution in [0.4, 0.5) is 0 Å². The van der Waals surface area contributed by atoms with Crippen LogP contribution in [0, 0.1) is 6.92 Å². The predicted molar refractivity (Wildman–Crippen MR) is 81.9 cm³/mol. The Balaban J connectivity index is 2.25. The number of halogens is 1. The standard InChI is InChI=1S/C13H14BrNO2S2/c1-9(11-6-4-3-5-7-11)15-19(16,17)12-8-13(14)18-10(12)2/h3-9,15H,1-2H3/t9-/m1/s1. The molecular weight excluding hydrogens is 346 g/mol. The van der Waals surface area contributed by atoms with Gasteiger partial charge in [-0.1, -0.05) is 30.3 Å². The number of nitrogens with one attached hydrogen (secondary N) is 1. The second kappa shape index (κ2) is 5.75. The quantitative estimate of drug-likeness (QED) is 0.900. The number of thiophene rings is 1. The fourth-order valence-electron chi connectivity index (χ4n) is 1.80. The van der Waals surface area contributed by atoms with Gasteiger partial charge in [0.1, 0.15) is 0 Å². The van der Waals surface area contributed by atoms with Gasteiger partial charge in [0, 0.05) is 10.9 Å². The van der Waals surface area contributed by atoms with E-state index >= 15 is 0 Å². The second-order valence-electron chi connectivity index (χ2n) is 4.22. The minimum absolute atomic E-state index is 0.260. The zero-order valence-corrected chi connectivity index (χ0v) is 13.8. The van der Waals surface area contributed by atoms with E-state index in [1.54, 1.807) is 13.0 Å². The van der Waals surface area contributed by atoms with E-state index in [0.29, 0.717) is 4.90 Å². The van der Waals surface area contributed by atoms with Crippen LogP contribution in [0.2, 0.25) is 0 Å². The van der Waals surface area contributed by atoms with Crippen molar-refractivity contribution >= 4 is 37.3 Å². The van der Waals surface area contributed by atoms with E-state index in [2.05, 4.69) is 20.7 Å². The Hall–Kier alpha value is -0.690. The molecule has 0 fully saturated rings. The van der Waals surface area contributed by atoms with Gasteiger partial charge in [-0.05, 0) is 41.4 Å². The fraction of sp³-hybridized carbons (Fsp3) is 0.231. The topological polar surface area (TPSA) is 46.2 Å². The van der Waals surface area contributed by atoms with E-state index < -0.39 is 10.0 Å². The van der Waals surface area contributed by atoms with Crippen molar-refractivity contribution in [2.24, 2.45) is 0 Å². The zero-order valence-electron chi connectivity index (χ0n) is 10.6. The normalized spacial score (nSPS) is 13.4. The first kappa shape index (κ1) is 14.7. The van der Waals surface area contributed by atoms with Gasteiger partial charge in [0.2, 0.25) is 10.0 Å². The lowest BCUT2D eigenvalue weighted by Gasteiger charge is -2.14. The van der Waals surface area contributed by atoms with Gasteiger partial charge in [-0.2, -0.15) is 0 Å². The number of rotatable bonds is 4. The molecule has 0 saturated carbocycles. The first-order valence-corrected chi connectivity index (χ1v) is 8.82. The van der Waals surface area contributed by atoms with Crippen LogP contribution in [-0.4, -0.2) is 8.42 Å². The zero-order chi connectivity index (χ0) is 14.0. The lowest BCUT2D eigenvalue weighted by Crippen LogP contribution is -2.27. The smallest absolute Gasteiger partial charge is 0.207 e. The Kier molecular flexibility index (Phi) is 4.45. The van der Waals surface area contributed by atoms with Gasteiger partial charge in [-0.15, -0.1) is 11.3 Å². The van der Waals surface area contributed by atoms with E-state index in [9.17, 15) is 8.42 Å². The lowest BCUT2D eigenvalue weighted by atomic mass is 10.1. The molecule has 1 heterocycles. The molecule has 2 aromatic rings. The van der Waals surface area contributed by atoms with Gasteiger partial charge < -0.3 is 0 Å². The van der Waals surface area contributed by atoms with Crippen molar-refractivity contribution in [1.82, 2.24) is 4.72 Å². The second-order valence-corrected chi connectivity index (χ2v) is 8.54. The maximum atomic E-state index is 12.3. The summed E-state index contributed by atoms with van der Waals surface area (Å²) in [5.41, 5.74) is 0.943. The van der Waals surface area contributed by atoms with Gasteiger partial charge in [0.25, 0.3) is 0 Å². The molecule has 1 aromatic heterocycles. The number of hydrogen-bond donors (Lipinski definition) is 1. The molecule has 0 aliphatic rings. The summed E-state index contributed by atoms with van der Waals surface area (Å²) in [6.45, 7) is 3.64. The number of aryl methyl sites for hydroxylation is 1. The van der Waals surface area contributed by atoms with E-state index in [4.69, 9.17) is 0 Å². The lowest BCUT2D eigenvalue weighted by molar-refractivity contribution is 0.567. The highest BCUT2D eigenvalue weighted by molar-refractivity contribution is 9.11. The van der Waals surface area contributed by atoms with Crippen LogP contribution < -0.4 is 4.72 Å². The molecule has 0 spiro atoms. The number of hydrogen-bond acceptors (Lipinski definition) is 3. The van der Waals surface area contributed by atoms with Crippen LogP contribution in [0.25, 0.3) is 0 Å². The van der Waals surface area contributed by atoms with Crippen LogP contribution in [0.15, 0.2) is 45.1 Å².